The molecule has 2 aromatic carbocycles. The highest BCUT2D eigenvalue weighted by Crippen LogP contribution is 2.22. The zero-order valence-electron chi connectivity index (χ0n) is 13.5. The summed E-state index contributed by atoms with van der Waals surface area (Å²) >= 11 is 0. The predicted molar refractivity (Wildman–Crippen MR) is 92.2 cm³/mol. The lowest BCUT2D eigenvalue weighted by molar-refractivity contribution is 0.103. The van der Waals surface area contributed by atoms with Gasteiger partial charge in [-0.05, 0) is 36.4 Å². The van der Waals surface area contributed by atoms with Crippen molar-refractivity contribution < 1.29 is 22.7 Å². The van der Waals surface area contributed by atoms with Crippen LogP contribution in [0.4, 0.5) is 5.69 Å². The smallest absolute Gasteiger partial charge is 0.235 e. The van der Waals surface area contributed by atoms with E-state index in [-0.39, 0.29) is 29.4 Å². The molecule has 0 heterocycles. The number of ketones is 1. The summed E-state index contributed by atoms with van der Waals surface area (Å²) in [6, 6.07) is 13.1. The van der Waals surface area contributed by atoms with Crippen LogP contribution in [-0.4, -0.2) is 40.8 Å². The lowest BCUT2D eigenvalue weighted by Crippen LogP contribution is -2.21. The summed E-state index contributed by atoms with van der Waals surface area (Å²) in [4.78, 5) is 12.7. The van der Waals surface area contributed by atoms with Gasteiger partial charge in [0.15, 0.2) is 5.78 Å². The average Bonchev–Trinajstić information content (AvgIpc) is 2.59. The zero-order chi connectivity index (χ0) is 17.6. The minimum atomic E-state index is -3.59. The first-order valence-corrected chi connectivity index (χ1v) is 8.89. The van der Waals surface area contributed by atoms with E-state index < -0.39 is 10.0 Å². The summed E-state index contributed by atoms with van der Waals surface area (Å²) in [5, 5.41) is 0. The summed E-state index contributed by atoms with van der Waals surface area (Å²) in [5.41, 5.74) is 0.970. The number of anilines is 1. The van der Waals surface area contributed by atoms with Crippen molar-refractivity contribution in [1.29, 1.82) is 0 Å². The number of carbonyl (C=O) groups excluding carboxylic acids is 1. The quantitative estimate of drug-likeness (QED) is 0.740. The van der Waals surface area contributed by atoms with Gasteiger partial charge >= 0.3 is 0 Å². The molecule has 0 atom stereocenters. The van der Waals surface area contributed by atoms with E-state index in [4.69, 9.17) is 9.47 Å². The molecule has 24 heavy (non-hydrogen) atoms. The van der Waals surface area contributed by atoms with Gasteiger partial charge in [0.25, 0.3) is 0 Å². The van der Waals surface area contributed by atoms with Gasteiger partial charge in [0, 0.05) is 18.2 Å². The number of para-hydroxylation sites is 1. The van der Waals surface area contributed by atoms with Gasteiger partial charge in [0.1, 0.15) is 5.75 Å². The molecule has 0 unspecified atom stereocenters. The molecule has 0 aliphatic heterocycles. The second-order valence-corrected chi connectivity index (χ2v) is 6.86. The molecule has 0 aliphatic carbocycles. The monoisotopic (exact) mass is 349 g/mol. The molecule has 7 heteroatoms. The molecular formula is C17H19NO5S. The Labute approximate surface area is 141 Å². The first-order valence-electron chi connectivity index (χ1n) is 7.24. The Morgan fingerprint density at radius 1 is 1.04 bits per heavy atom. The lowest BCUT2D eigenvalue weighted by atomic mass is 10.0. The van der Waals surface area contributed by atoms with E-state index in [1.807, 2.05) is 0 Å². The molecule has 0 saturated carbocycles. The van der Waals surface area contributed by atoms with Crippen LogP contribution in [-0.2, 0) is 14.8 Å². The van der Waals surface area contributed by atoms with Crippen molar-refractivity contribution in [3.63, 3.8) is 0 Å². The first-order chi connectivity index (χ1) is 11.5. The third-order valence-electron chi connectivity index (χ3n) is 3.35. The van der Waals surface area contributed by atoms with Gasteiger partial charge in [-0.3, -0.25) is 9.52 Å². The second kappa shape index (κ2) is 7.94. The van der Waals surface area contributed by atoms with Gasteiger partial charge in [-0.25, -0.2) is 8.42 Å². The number of nitrogens with one attached hydrogen (secondary N) is 1. The second-order valence-electron chi connectivity index (χ2n) is 5.02. The summed E-state index contributed by atoms with van der Waals surface area (Å²) in [6.45, 7) is 0.0733. The average molecular weight is 349 g/mol. The third-order valence-corrected chi connectivity index (χ3v) is 4.58. The van der Waals surface area contributed by atoms with Gasteiger partial charge in [-0.15, -0.1) is 0 Å². The molecule has 0 amide bonds. The number of hydrogen-bond acceptors (Lipinski definition) is 5. The SMILES string of the molecule is COCCS(=O)(=O)Nc1ccccc1C(=O)c1ccc(OC)cc1. The van der Waals surface area contributed by atoms with Crippen LogP contribution in [0.2, 0.25) is 0 Å². The molecule has 0 aromatic heterocycles. The molecule has 0 fully saturated rings. The van der Waals surface area contributed by atoms with Crippen molar-refractivity contribution in [2.45, 2.75) is 0 Å². The molecule has 0 aliphatic rings. The summed E-state index contributed by atoms with van der Waals surface area (Å²) in [7, 11) is -0.623. The molecule has 2 aromatic rings. The van der Waals surface area contributed by atoms with Gasteiger partial charge in [-0.2, -0.15) is 0 Å². The van der Waals surface area contributed by atoms with Crippen LogP contribution >= 0.6 is 0 Å². The largest absolute Gasteiger partial charge is 0.497 e. The standard InChI is InChI=1S/C17H19NO5S/c1-22-11-12-24(20,21)18-16-6-4-3-5-15(16)17(19)13-7-9-14(23-2)10-8-13/h3-10,18H,11-12H2,1-2H3. The number of sulfonamides is 1. The highest BCUT2D eigenvalue weighted by Gasteiger charge is 2.17. The molecule has 2 rings (SSSR count). The summed E-state index contributed by atoms with van der Waals surface area (Å²) in [5.74, 6) is 0.178. The van der Waals surface area contributed by atoms with Crippen molar-refractivity contribution in [2.24, 2.45) is 0 Å². The van der Waals surface area contributed by atoms with Crippen LogP contribution < -0.4 is 9.46 Å². The number of carbonyl (C=O) groups is 1. The Kier molecular flexibility index (Phi) is 5.94. The number of methoxy groups -OCH3 is 2. The van der Waals surface area contributed by atoms with Crippen LogP contribution in [0.1, 0.15) is 15.9 Å². The highest BCUT2D eigenvalue weighted by atomic mass is 32.2. The fourth-order valence-electron chi connectivity index (χ4n) is 2.08. The van der Waals surface area contributed by atoms with E-state index in [0.29, 0.717) is 11.3 Å². The lowest BCUT2D eigenvalue weighted by Gasteiger charge is -2.12. The van der Waals surface area contributed by atoms with Gasteiger partial charge in [-0.1, -0.05) is 12.1 Å². The predicted octanol–water partition coefficient (Wildman–Crippen LogP) is 2.31. The molecule has 6 nitrogen and oxygen atoms in total. The number of hydrogen-bond donors (Lipinski definition) is 1. The maximum absolute atomic E-state index is 12.7. The molecule has 128 valence electrons. The molecule has 1 N–H and O–H groups in total. The van der Waals surface area contributed by atoms with Crippen molar-refractivity contribution in [3.8, 4) is 5.75 Å². The van der Waals surface area contributed by atoms with Crippen LogP contribution in [0.15, 0.2) is 48.5 Å². The van der Waals surface area contributed by atoms with Gasteiger partial charge in [0.2, 0.25) is 10.0 Å². The number of ether oxygens (including phenoxy) is 2. The van der Waals surface area contributed by atoms with E-state index in [1.165, 1.54) is 7.11 Å². The topological polar surface area (TPSA) is 81.7 Å². The maximum Gasteiger partial charge on any atom is 0.235 e. The van der Waals surface area contributed by atoms with Crippen molar-refractivity contribution in [3.05, 3.63) is 59.7 Å². The number of benzene rings is 2. The van der Waals surface area contributed by atoms with E-state index >= 15 is 0 Å². The fraction of sp³-hybridized carbons (Fsp3) is 0.235. The third kappa shape index (κ3) is 4.56. The van der Waals surface area contributed by atoms with Crippen molar-refractivity contribution >= 4 is 21.5 Å². The maximum atomic E-state index is 12.7. The normalized spacial score (nSPS) is 11.1. The minimum Gasteiger partial charge on any atom is -0.497 e. The Morgan fingerprint density at radius 3 is 2.33 bits per heavy atom. The Morgan fingerprint density at radius 2 is 1.71 bits per heavy atom. The number of rotatable bonds is 8. The van der Waals surface area contributed by atoms with Crippen LogP contribution in [0, 0.1) is 0 Å². The van der Waals surface area contributed by atoms with Crippen molar-refractivity contribution in [1.82, 2.24) is 0 Å². The van der Waals surface area contributed by atoms with Crippen LogP contribution in [0.3, 0.4) is 0 Å². The van der Waals surface area contributed by atoms with Gasteiger partial charge < -0.3 is 9.47 Å². The summed E-state index contributed by atoms with van der Waals surface area (Å²) in [6.07, 6.45) is 0. The van der Waals surface area contributed by atoms with Crippen molar-refractivity contribution in [2.75, 3.05) is 31.3 Å². The fourth-order valence-corrected chi connectivity index (χ4v) is 3.08. The molecule has 0 radical (unpaired) electrons. The Balaban J connectivity index is 2.29. The molecule has 0 spiro atoms. The van der Waals surface area contributed by atoms with E-state index in [0.717, 1.165) is 0 Å². The summed E-state index contributed by atoms with van der Waals surface area (Å²) < 4.78 is 36.4. The van der Waals surface area contributed by atoms with E-state index in [2.05, 4.69) is 4.72 Å². The molecular weight excluding hydrogens is 330 g/mol. The Hall–Kier alpha value is -2.38. The zero-order valence-corrected chi connectivity index (χ0v) is 14.3. The van der Waals surface area contributed by atoms with Gasteiger partial charge in [0.05, 0.1) is 25.2 Å². The molecule has 0 bridgehead atoms. The van der Waals surface area contributed by atoms with E-state index in [1.54, 1.807) is 55.6 Å². The van der Waals surface area contributed by atoms with Crippen LogP contribution in [0.5, 0.6) is 5.75 Å². The minimum absolute atomic E-state index is 0.0733. The van der Waals surface area contributed by atoms with Crippen LogP contribution in [0.25, 0.3) is 0 Å². The molecule has 0 saturated heterocycles. The first kappa shape index (κ1) is 18.0. The van der Waals surface area contributed by atoms with E-state index in [9.17, 15) is 13.2 Å². The Bertz CT molecular complexity index is 800. The highest BCUT2D eigenvalue weighted by molar-refractivity contribution is 7.92.